The molecule has 0 fully saturated rings. The molecule has 1 aromatic heterocycles. The van der Waals surface area contributed by atoms with Gasteiger partial charge >= 0.3 is 0 Å². The summed E-state index contributed by atoms with van der Waals surface area (Å²) in [5.74, 6) is 2.76. The summed E-state index contributed by atoms with van der Waals surface area (Å²) in [4.78, 5) is 4.49. The van der Waals surface area contributed by atoms with E-state index in [1.165, 1.54) is 19.3 Å². The number of hydrogen-bond donors (Lipinski definition) is 3. The second kappa shape index (κ2) is 10.8. The minimum absolute atomic E-state index is 0.201. The summed E-state index contributed by atoms with van der Waals surface area (Å²) in [5, 5.41) is 26.6. The van der Waals surface area contributed by atoms with Crippen molar-refractivity contribution in [3.8, 4) is 0 Å². The highest BCUT2D eigenvalue weighted by Gasteiger charge is 2.14. The van der Waals surface area contributed by atoms with E-state index in [-0.39, 0.29) is 6.54 Å². The lowest BCUT2D eigenvalue weighted by molar-refractivity contribution is 0.187. The summed E-state index contributed by atoms with van der Waals surface area (Å²) in [6.45, 7) is 4.61. The van der Waals surface area contributed by atoms with Crippen molar-refractivity contribution in [2.75, 3.05) is 19.6 Å². The van der Waals surface area contributed by atoms with Crippen molar-refractivity contribution in [1.29, 1.82) is 0 Å². The first-order chi connectivity index (χ1) is 14.1. The van der Waals surface area contributed by atoms with Gasteiger partial charge in [0.2, 0.25) is 0 Å². The van der Waals surface area contributed by atoms with Crippen molar-refractivity contribution in [2.24, 2.45) is 4.99 Å². The first-order valence-corrected chi connectivity index (χ1v) is 10.9. The summed E-state index contributed by atoms with van der Waals surface area (Å²) in [7, 11) is 0. The van der Waals surface area contributed by atoms with Gasteiger partial charge in [-0.1, -0.05) is 29.6 Å². The van der Waals surface area contributed by atoms with Crippen LogP contribution in [-0.4, -0.2) is 45.5 Å². The fourth-order valence-corrected chi connectivity index (χ4v) is 3.96. The number of hydrogen-bond acceptors (Lipinski definition) is 4. The molecule has 0 aliphatic carbocycles. The van der Waals surface area contributed by atoms with Gasteiger partial charge in [-0.15, -0.1) is 10.2 Å². The number of aliphatic hydroxyl groups excluding tert-OH is 1. The standard InChI is InChI=1S/C20H28Cl2N6O/c1-2-23-20(25-13-17(29)14-10-15(21)12-16(22)11-14)24-8-7-19-27-26-18-6-4-3-5-9-28(18)19/h10-12,17,29H,2-9,13H2,1H3,(H2,23,24,25). The summed E-state index contributed by atoms with van der Waals surface area (Å²) in [5.41, 5.74) is 0.647. The molecule has 0 bridgehead atoms. The first kappa shape index (κ1) is 21.9. The molecule has 1 aromatic carbocycles. The Morgan fingerprint density at radius 2 is 1.97 bits per heavy atom. The molecule has 0 spiro atoms. The summed E-state index contributed by atoms with van der Waals surface area (Å²) >= 11 is 12.0. The molecule has 0 saturated heterocycles. The Bertz CT molecular complexity index is 818. The average molecular weight is 439 g/mol. The lowest BCUT2D eigenvalue weighted by Crippen LogP contribution is -2.38. The first-order valence-electron chi connectivity index (χ1n) is 10.1. The highest BCUT2D eigenvalue weighted by molar-refractivity contribution is 6.34. The minimum Gasteiger partial charge on any atom is -0.386 e. The number of fused-ring (bicyclic) bond motifs is 1. The van der Waals surface area contributed by atoms with Crippen molar-refractivity contribution >= 4 is 29.2 Å². The number of aliphatic imine (C=N–C) groups is 1. The van der Waals surface area contributed by atoms with E-state index in [0.29, 0.717) is 28.1 Å². The molecular formula is C20H28Cl2N6O. The quantitative estimate of drug-likeness (QED) is 0.456. The minimum atomic E-state index is -0.783. The van der Waals surface area contributed by atoms with Crippen LogP contribution < -0.4 is 10.6 Å². The van der Waals surface area contributed by atoms with E-state index in [4.69, 9.17) is 23.2 Å². The van der Waals surface area contributed by atoms with Gasteiger partial charge in [-0.2, -0.15) is 0 Å². The van der Waals surface area contributed by atoms with Crippen LogP contribution in [0.15, 0.2) is 23.2 Å². The van der Waals surface area contributed by atoms with E-state index < -0.39 is 6.10 Å². The maximum absolute atomic E-state index is 10.4. The van der Waals surface area contributed by atoms with Crippen molar-refractivity contribution in [3.63, 3.8) is 0 Å². The molecule has 2 aromatic rings. The lowest BCUT2D eigenvalue weighted by Gasteiger charge is -2.14. The predicted octanol–water partition coefficient (Wildman–Crippen LogP) is 3.14. The van der Waals surface area contributed by atoms with E-state index in [1.54, 1.807) is 18.2 Å². The number of aryl methyl sites for hydroxylation is 1. The molecule has 2 heterocycles. The van der Waals surface area contributed by atoms with Crippen molar-refractivity contribution in [1.82, 2.24) is 25.4 Å². The van der Waals surface area contributed by atoms with Crippen LogP contribution in [-0.2, 0) is 19.4 Å². The molecule has 1 unspecified atom stereocenters. The number of nitrogens with one attached hydrogen (secondary N) is 2. The maximum Gasteiger partial charge on any atom is 0.191 e. The van der Waals surface area contributed by atoms with Crippen LogP contribution in [0.1, 0.15) is 49.5 Å². The van der Waals surface area contributed by atoms with Crippen LogP contribution in [0.3, 0.4) is 0 Å². The molecule has 0 amide bonds. The van der Waals surface area contributed by atoms with E-state index >= 15 is 0 Å². The van der Waals surface area contributed by atoms with Gasteiger partial charge in [-0.05, 0) is 43.5 Å². The highest BCUT2D eigenvalue weighted by Crippen LogP contribution is 2.23. The maximum atomic E-state index is 10.4. The normalized spacial score (nSPS) is 15.5. The molecule has 29 heavy (non-hydrogen) atoms. The zero-order valence-electron chi connectivity index (χ0n) is 16.7. The van der Waals surface area contributed by atoms with Crippen LogP contribution in [0.5, 0.6) is 0 Å². The van der Waals surface area contributed by atoms with Crippen LogP contribution >= 0.6 is 23.2 Å². The molecule has 1 aliphatic rings. The molecular weight excluding hydrogens is 411 g/mol. The number of aromatic nitrogens is 3. The van der Waals surface area contributed by atoms with Crippen LogP contribution in [0.4, 0.5) is 0 Å². The molecule has 0 radical (unpaired) electrons. The zero-order valence-corrected chi connectivity index (χ0v) is 18.2. The summed E-state index contributed by atoms with van der Waals surface area (Å²) in [6, 6.07) is 5.04. The fourth-order valence-electron chi connectivity index (χ4n) is 3.42. The van der Waals surface area contributed by atoms with Crippen molar-refractivity contribution < 1.29 is 5.11 Å². The van der Waals surface area contributed by atoms with Gasteiger partial charge in [-0.3, -0.25) is 4.99 Å². The van der Waals surface area contributed by atoms with Gasteiger partial charge < -0.3 is 20.3 Å². The molecule has 158 valence electrons. The second-order valence-corrected chi connectivity index (χ2v) is 7.98. The molecule has 1 aliphatic heterocycles. The fraction of sp³-hybridized carbons (Fsp3) is 0.550. The Balaban J connectivity index is 1.56. The van der Waals surface area contributed by atoms with Gasteiger partial charge in [0.1, 0.15) is 11.6 Å². The third kappa shape index (κ3) is 6.32. The topological polar surface area (TPSA) is 87.4 Å². The average Bonchev–Trinajstić information content (AvgIpc) is 2.91. The van der Waals surface area contributed by atoms with Gasteiger partial charge in [-0.25, -0.2) is 0 Å². The monoisotopic (exact) mass is 438 g/mol. The van der Waals surface area contributed by atoms with Gasteiger partial charge in [0.25, 0.3) is 0 Å². The smallest absolute Gasteiger partial charge is 0.191 e. The molecule has 0 saturated carbocycles. The molecule has 3 rings (SSSR count). The number of halogens is 2. The highest BCUT2D eigenvalue weighted by atomic mass is 35.5. The molecule has 3 N–H and O–H groups in total. The Morgan fingerprint density at radius 3 is 2.72 bits per heavy atom. The van der Waals surface area contributed by atoms with E-state index in [1.807, 2.05) is 6.92 Å². The zero-order chi connectivity index (χ0) is 20.6. The van der Waals surface area contributed by atoms with Gasteiger partial charge in [0.05, 0.1) is 12.6 Å². The van der Waals surface area contributed by atoms with E-state index in [2.05, 4.69) is 30.4 Å². The van der Waals surface area contributed by atoms with E-state index in [0.717, 1.165) is 37.6 Å². The SMILES string of the molecule is CCNC(=NCC(O)c1cc(Cl)cc(Cl)c1)NCCc1nnc2n1CCCCC2. The number of guanidine groups is 1. The van der Waals surface area contributed by atoms with Crippen LogP contribution in [0, 0.1) is 0 Å². The van der Waals surface area contributed by atoms with E-state index in [9.17, 15) is 5.11 Å². The third-order valence-electron chi connectivity index (χ3n) is 4.86. The molecule has 1 atom stereocenters. The second-order valence-electron chi connectivity index (χ2n) is 7.11. The Hall–Kier alpha value is -1.83. The predicted molar refractivity (Wildman–Crippen MR) is 117 cm³/mol. The number of aliphatic hydroxyl groups is 1. The lowest BCUT2D eigenvalue weighted by atomic mass is 10.1. The van der Waals surface area contributed by atoms with Crippen molar-refractivity contribution in [2.45, 2.75) is 51.7 Å². The molecule has 7 nitrogen and oxygen atoms in total. The Kier molecular flexibility index (Phi) is 8.15. The van der Waals surface area contributed by atoms with Crippen LogP contribution in [0.2, 0.25) is 10.0 Å². The summed E-state index contributed by atoms with van der Waals surface area (Å²) < 4.78 is 2.26. The number of nitrogens with zero attached hydrogens (tertiary/aromatic N) is 4. The van der Waals surface area contributed by atoms with Gasteiger partial charge in [0, 0.05) is 42.5 Å². The number of rotatable bonds is 7. The molecule has 9 heteroatoms. The van der Waals surface area contributed by atoms with Crippen LogP contribution in [0.25, 0.3) is 0 Å². The largest absolute Gasteiger partial charge is 0.386 e. The van der Waals surface area contributed by atoms with Gasteiger partial charge in [0.15, 0.2) is 5.96 Å². The third-order valence-corrected chi connectivity index (χ3v) is 5.30. The Morgan fingerprint density at radius 1 is 1.17 bits per heavy atom. The summed E-state index contributed by atoms with van der Waals surface area (Å²) in [6.07, 6.45) is 4.61. The van der Waals surface area contributed by atoms with Crippen molar-refractivity contribution in [3.05, 3.63) is 45.5 Å². The number of benzene rings is 1. The Labute approximate surface area is 181 Å².